The molecule has 0 radical (unpaired) electrons. The molecule has 0 aromatic heterocycles. The molecule has 1 saturated heterocycles. The zero-order chi connectivity index (χ0) is 21.5. The summed E-state index contributed by atoms with van der Waals surface area (Å²) in [5.74, 6) is 1.81. The molecule has 5 rings (SSSR count). The summed E-state index contributed by atoms with van der Waals surface area (Å²) in [5.41, 5.74) is 2.61. The van der Waals surface area contributed by atoms with E-state index in [1.807, 2.05) is 0 Å². The van der Waals surface area contributed by atoms with Crippen LogP contribution in [0.15, 0.2) is 30.0 Å². The number of aromatic hydroxyl groups is 1. The summed E-state index contributed by atoms with van der Waals surface area (Å²) in [6.07, 6.45) is 4.00. The van der Waals surface area contributed by atoms with Crippen molar-refractivity contribution in [3.63, 3.8) is 0 Å². The number of rotatable bonds is 3. The molecule has 1 atom stereocenters. The Morgan fingerprint density at radius 2 is 2.16 bits per heavy atom. The number of halogens is 1. The number of carbonyl (C=O) groups excluding carboxylic acids is 1. The van der Waals surface area contributed by atoms with Crippen molar-refractivity contribution in [2.24, 2.45) is 5.92 Å². The van der Waals surface area contributed by atoms with Crippen molar-refractivity contribution in [1.29, 1.82) is 0 Å². The largest absolute Gasteiger partial charge is 0.507 e. The standard InChI is InChI=1S/C24H24ClNO5/c1-14-3-2-6-26(10-14)11-19-20(27)5-4-18-22(28)21(31-24(18)19)9-15-7-17(25)8-16-12-29-13-30-23(15)16/h4-5,7-9,14,27H,2-3,6,10-13H2,1H3/t14-/m1/s1. The molecule has 0 bridgehead atoms. The van der Waals surface area contributed by atoms with E-state index in [4.69, 9.17) is 25.8 Å². The Bertz CT molecular complexity index is 1080. The van der Waals surface area contributed by atoms with Crippen LogP contribution in [0.2, 0.25) is 5.02 Å². The zero-order valence-corrected chi connectivity index (χ0v) is 18.1. The van der Waals surface area contributed by atoms with E-state index in [0.29, 0.717) is 52.3 Å². The van der Waals surface area contributed by atoms with Gasteiger partial charge >= 0.3 is 0 Å². The van der Waals surface area contributed by atoms with Crippen LogP contribution in [0.5, 0.6) is 17.2 Å². The van der Waals surface area contributed by atoms with Crippen LogP contribution < -0.4 is 9.47 Å². The summed E-state index contributed by atoms with van der Waals surface area (Å²) in [5, 5.41) is 11.1. The number of nitrogens with zero attached hydrogens (tertiary/aromatic N) is 1. The predicted molar refractivity (Wildman–Crippen MR) is 116 cm³/mol. The highest BCUT2D eigenvalue weighted by atomic mass is 35.5. The fourth-order valence-electron chi connectivity index (χ4n) is 4.56. The predicted octanol–water partition coefficient (Wildman–Crippen LogP) is 4.76. The third-order valence-electron chi connectivity index (χ3n) is 6.03. The molecule has 1 fully saturated rings. The highest BCUT2D eigenvalue weighted by Gasteiger charge is 2.32. The molecular weight excluding hydrogens is 418 g/mol. The average molecular weight is 442 g/mol. The lowest BCUT2D eigenvalue weighted by Crippen LogP contribution is -2.33. The van der Waals surface area contributed by atoms with Gasteiger partial charge in [-0.05, 0) is 55.6 Å². The average Bonchev–Trinajstić information content (AvgIpc) is 3.06. The third-order valence-corrected chi connectivity index (χ3v) is 6.25. The topological polar surface area (TPSA) is 68.2 Å². The molecule has 0 aliphatic carbocycles. The van der Waals surface area contributed by atoms with Gasteiger partial charge in [0, 0.05) is 29.2 Å². The van der Waals surface area contributed by atoms with Crippen LogP contribution >= 0.6 is 11.6 Å². The molecule has 0 amide bonds. The summed E-state index contributed by atoms with van der Waals surface area (Å²) < 4.78 is 17.0. The van der Waals surface area contributed by atoms with Crippen LogP contribution in [-0.2, 0) is 17.9 Å². The Morgan fingerprint density at radius 3 is 3.00 bits per heavy atom. The molecule has 3 aliphatic heterocycles. The number of phenols is 1. The number of piperidine rings is 1. The van der Waals surface area contributed by atoms with Gasteiger partial charge in [-0.25, -0.2) is 0 Å². The van der Waals surface area contributed by atoms with Crippen molar-refractivity contribution in [2.45, 2.75) is 32.9 Å². The Hall–Kier alpha value is -2.54. The molecule has 2 aromatic rings. The quantitative estimate of drug-likeness (QED) is 0.692. The zero-order valence-electron chi connectivity index (χ0n) is 17.3. The second-order valence-electron chi connectivity index (χ2n) is 8.46. The van der Waals surface area contributed by atoms with Crippen LogP contribution in [0, 0.1) is 5.92 Å². The van der Waals surface area contributed by atoms with Crippen molar-refractivity contribution in [3.8, 4) is 17.2 Å². The number of carbonyl (C=O) groups is 1. The Kier molecular flexibility index (Phi) is 5.38. The number of hydrogen-bond donors (Lipinski definition) is 1. The molecule has 6 nitrogen and oxygen atoms in total. The normalized spacial score (nSPS) is 22.1. The molecule has 1 N–H and O–H groups in total. The maximum atomic E-state index is 13.1. The summed E-state index contributed by atoms with van der Waals surface area (Å²) in [6.45, 7) is 5.26. The second-order valence-corrected chi connectivity index (χ2v) is 8.89. The molecule has 7 heteroatoms. The van der Waals surface area contributed by atoms with Crippen molar-refractivity contribution >= 4 is 23.5 Å². The molecule has 162 valence electrons. The van der Waals surface area contributed by atoms with Crippen molar-refractivity contribution in [2.75, 3.05) is 19.9 Å². The van der Waals surface area contributed by atoms with Gasteiger partial charge in [0.1, 0.15) is 17.2 Å². The van der Waals surface area contributed by atoms with Gasteiger partial charge in [-0.2, -0.15) is 0 Å². The van der Waals surface area contributed by atoms with E-state index in [9.17, 15) is 9.90 Å². The lowest BCUT2D eigenvalue weighted by atomic mass is 9.99. The van der Waals surface area contributed by atoms with Gasteiger partial charge in [0.25, 0.3) is 0 Å². The summed E-state index contributed by atoms with van der Waals surface area (Å²) in [6, 6.07) is 6.73. The van der Waals surface area contributed by atoms with E-state index in [-0.39, 0.29) is 24.1 Å². The Balaban J connectivity index is 1.49. The smallest absolute Gasteiger partial charge is 0.231 e. The summed E-state index contributed by atoms with van der Waals surface area (Å²) >= 11 is 6.25. The minimum Gasteiger partial charge on any atom is -0.507 e. The number of phenolic OH excluding ortho intramolecular Hbond substituents is 1. The van der Waals surface area contributed by atoms with Crippen molar-refractivity contribution < 1.29 is 24.1 Å². The van der Waals surface area contributed by atoms with E-state index in [1.54, 1.807) is 30.3 Å². The second kappa shape index (κ2) is 8.19. The Labute approximate surface area is 186 Å². The first kappa shape index (κ1) is 20.4. The van der Waals surface area contributed by atoms with Gasteiger partial charge in [-0.15, -0.1) is 0 Å². The number of benzene rings is 2. The van der Waals surface area contributed by atoms with Crippen LogP contribution in [0.25, 0.3) is 6.08 Å². The highest BCUT2D eigenvalue weighted by Crippen LogP contribution is 2.41. The first-order valence-electron chi connectivity index (χ1n) is 10.5. The maximum Gasteiger partial charge on any atom is 0.231 e. The molecule has 2 aromatic carbocycles. The van der Waals surface area contributed by atoms with Crippen LogP contribution in [0.4, 0.5) is 0 Å². The molecule has 3 heterocycles. The maximum absolute atomic E-state index is 13.1. The SMILES string of the molecule is C[C@@H]1CCCN(Cc2c(O)ccc3c2OC(=Cc2cc(Cl)cc4c2OCOC4)C3=O)C1. The number of hydrogen-bond acceptors (Lipinski definition) is 6. The van der Waals surface area contributed by atoms with E-state index in [1.165, 1.54) is 6.42 Å². The number of likely N-dealkylation sites (tertiary alicyclic amines) is 1. The summed E-state index contributed by atoms with van der Waals surface area (Å²) in [4.78, 5) is 15.4. The molecule has 31 heavy (non-hydrogen) atoms. The lowest BCUT2D eigenvalue weighted by Gasteiger charge is -2.31. The highest BCUT2D eigenvalue weighted by molar-refractivity contribution is 6.31. The summed E-state index contributed by atoms with van der Waals surface area (Å²) in [7, 11) is 0. The van der Waals surface area contributed by atoms with Gasteiger partial charge in [-0.3, -0.25) is 9.69 Å². The molecule has 0 unspecified atom stereocenters. The van der Waals surface area contributed by atoms with Gasteiger partial charge in [0.2, 0.25) is 5.78 Å². The van der Waals surface area contributed by atoms with Gasteiger partial charge < -0.3 is 19.3 Å². The van der Waals surface area contributed by atoms with Crippen LogP contribution in [0.3, 0.4) is 0 Å². The van der Waals surface area contributed by atoms with Gasteiger partial charge in [0.15, 0.2) is 12.6 Å². The number of fused-ring (bicyclic) bond motifs is 2. The number of ketones is 1. The first-order valence-corrected chi connectivity index (χ1v) is 10.9. The van der Waals surface area contributed by atoms with Crippen LogP contribution in [0.1, 0.15) is 46.8 Å². The number of ether oxygens (including phenoxy) is 3. The number of Topliss-reactive ketones (excluding diaryl/α,β-unsaturated/α-hetero) is 1. The van der Waals surface area contributed by atoms with Crippen molar-refractivity contribution in [3.05, 3.63) is 57.3 Å². The molecule has 3 aliphatic rings. The molecule has 0 saturated carbocycles. The minimum atomic E-state index is -0.218. The van der Waals surface area contributed by atoms with E-state index >= 15 is 0 Å². The first-order chi connectivity index (χ1) is 15.0. The molecular formula is C24H24ClNO5. The number of allylic oxidation sites excluding steroid dienone is 1. The van der Waals surface area contributed by atoms with Gasteiger partial charge in [-0.1, -0.05) is 18.5 Å². The van der Waals surface area contributed by atoms with E-state index < -0.39 is 0 Å². The lowest BCUT2D eigenvalue weighted by molar-refractivity contribution is -0.0165. The van der Waals surface area contributed by atoms with Crippen LogP contribution in [-0.4, -0.2) is 35.7 Å². The van der Waals surface area contributed by atoms with E-state index in [2.05, 4.69) is 11.8 Å². The van der Waals surface area contributed by atoms with Gasteiger partial charge in [0.05, 0.1) is 17.7 Å². The monoisotopic (exact) mass is 441 g/mol. The molecule has 0 spiro atoms. The minimum absolute atomic E-state index is 0.145. The van der Waals surface area contributed by atoms with E-state index in [0.717, 1.165) is 25.1 Å². The Morgan fingerprint density at radius 1 is 1.29 bits per heavy atom. The fraction of sp³-hybridized carbons (Fsp3) is 0.375. The fourth-order valence-corrected chi connectivity index (χ4v) is 4.81. The third kappa shape index (κ3) is 3.91. The van der Waals surface area contributed by atoms with Crippen molar-refractivity contribution in [1.82, 2.24) is 4.90 Å².